The molecular weight excluding hydrogens is 320 g/mol. The number of hydrazone groups is 2. The number of hydrogen-bond donors (Lipinski definition) is 2. The van der Waals surface area contributed by atoms with Crippen molar-refractivity contribution in [2.24, 2.45) is 10.2 Å². The molecule has 2 aromatic carbocycles. The lowest BCUT2D eigenvalue weighted by atomic mass is 10.2. The summed E-state index contributed by atoms with van der Waals surface area (Å²) in [5, 5.41) is 25.6. The minimum absolute atomic E-state index is 0.241. The molecule has 0 fully saturated rings. The van der Waals surface area contributed by atoms with E-state index in [1.807, 2.05) is 12.1 Å². The summed E-state index contributed by atoms with van der Waals surface area (Å²) in [5.41, 5.74) is 8.13. The highest BCUT2D eigenvalue weighted by Crippen LogP contribution is 2.01. The third-order valence-corrected chi connectivity index (χ3v) is 3.02. The van der Waals surface area contributed by atoms with Gasteiger partial charge in [0.2, 0.25) is 5.11 Å². The summed E-state index contributed by atoms with van der Waals surface area (Å²) < 4.78 is 0. The second kappa shape index (κ2) is 8.79. The first-order valence-electron chi connectivity index (χ1n) is 6.84. The number of nitrogens with zero attached hydrogens (tertiary/aromatic N) is 4. The average molecular weight is 332 g/mol. The molecule has 24 heavy (non-hydrogen) atoms. The van der Waals surface area contributed by atoms with Crippen molar-refractivity contribution >= 4 is 29.8 Å². The molecule has 0 atom stereocenters. The molecule has 0 aliphatic heterocycles. The highest BCUT2D eigenvalue weighted by Gasteiger charge is 1.93. The molecule has 0 radical (unpaired) electrons. The number of hydrogen-bond acceptors (Lipinski definition) is 5. The van der Waals surface area contributed by atoms with Gasteiger partial charge in [-0.05, 0) is 47.6 Å². The van der Waals surface area contributed by atoms with E-state index in [0.717, 1.165) is 11.1 Å². The van der Waals surface area contributed by atoms with Crippen molar-refractivity contribution in [3.63, 3.8) is 0 Å². The number of thiocarbonyl (C=S) groups is 1. The molecule has 116 valence electrons. The van der Waals surface area contributed by atoms with Crippen LogP contribution in [0.25, 0.3) is 0 Å². The summed E-state index contributed by atoms with van der Waals surface area (Å²) in [6, 6.07) is 18.1. The Balaban J connectivity index is 1.80. The van der Waals surface area contributed by atoms with Gasteiger partial charge in [-0.15, -0.1) is 0 Å². The van der Waals surface area contributed by atoms with Crippen molar-refractivity contribution in [1.82, 2.24) is 10.9 Å². The first-order valence-corrected chi connectivity index (χ1v) is 7.24. The van der Waals surface area contributed by atoms with E-state index in [1.54, 1.807) is 61.0 Å². The summed E-state index contributed by atoms with van der Waals surface area (Å²) >= 11 is 5.03. The van der Waals surface area contributed by atoms with E-state index >= 15 is 0 Å². The largest absolute Gasteiger partial charge is 0.252 e. The summed E-state index contributed by atoms with van der Waals surface area (Å²) in [6.45, 7) is 0. The van der Waals surface area contributed by atoms with Crippen LogP contribution in [0.15, 0.2) is 58.7 Å². The maximum Gasteiger partial charge on any atom is 0.207 e. The van der Waals surface area contributed by atoms with Crippen LogP contribution in [0.3, 0.4) is 0 Å². The van der Waals surface area contributed by atoms with Gasteiger partial charge in [0.15, 0.2) is 0 Å². The Morgan fingerprint density at radius 1 is 0.792 bits per heavy atom. The Morgan fingerprint density at radius 2 is 1.17 bits per heavy atom. The Labute approximate surface area is 144 Å². The molecule has 0 aliphatic rings. The quantitative estimate of drug-likeness (QED) is 0.508. The maximum absolute atomic E-state index is 8.72. The normalized spacial score (nSPS) is 10.2. The van der Waals surface area contributed by atoms with E-state index in [1.165, 1.54) is 0 Å². The Bertz CT molecular complexity index is 767. The Kier molecular flexibility index (Phi) is 6.16. The summed E-state index contributed by atoms with van der Waals surface area (Å²) in [4.78, 5) is 0. The van der Waals surface area contributed by atoms with Gasteiger partial charge in [0, 0.05) is 0 Å². The third kappa shape index (κ3) is 5.34. The Morgan fingerprint density at radius 3 is 1.50 bits per heavy atom. The van der Waals surface area contributed by atoms with Crippen LogP contribution in [0.5, 0.6) is 0 Å². The SMILES string of the molecule is N#Cc1ccc(/C=N\NC(=S)N/N=C\c2ccc(C#N)cc2)cc1. The number of nitriles is 2. The molecule has 0 aromatic heterocycles. The smallest absolute Gasteiger partial charge is 0.207 e. The molecule has 0 saturated carbocycles. The molecule has 6 nitrogen and oxygen atoms in total. The molecule has 0 saturated heterocycles. The lowest BCUT2D eigenvalue weighted by molar-refractivity contribution is 0.935. The van der Waals surface area contributed by atoms with Crippen molar-refractivity contribution in [2.45, 2.75) is 0 Å². The van der Waals surface area contributed by atoms with Gasteiger partial charge in [0.1, 0.15) is 0 Å². The average Bonchev–Trinajstić information content (AvgIpc) is 2.63. The molecule has 0 bridgehead atoms. The third-order valence-electron chi connectivity index (χ3n) is 2.84. The van der Waals surface area contributed by atoms with Crippen molar-refractivity contribution in [1.29, 1.82) is 10.5 Å². The van der Waals surface area contributed by atoms with Gasteiger partial charge in [0.25, 0.3) is 0 Å². The lowest BCUT2D eigenvalue weighted by Crippen LogP contribution is -2.28. The van der Waals surface area contributed by atoms with Gasteiger partial charge in [0.05, 0.1) is 35.7 Å². The molecule has 0 heterocycles. The fourth-order valence-corrected chi connectivity index (χ4v) is 1.75. The van der Waals surface area contributed by atoms with E-state index in [2.05, 4.69) is 21.1 Å². The topological polar surface area (TPSA) is 96.4 Å². The zero-order valence-electron chi connectivity index (χ0n) is 12.5. The summed E-state index contributed by atoms with van der Waals surface area (Å²) in [6.07, 6.45) is 3.17. The van der Waals surface area contributed by atoms with Crippen LogP contribution in [-0.2, 0) is 0 Å². The molecule has 2 rings (SSSR count). The summed E-state index contributed by atoms with van der Waals surface area (Å²) in [5.74, 6) is 0. The number of rotatable bonds is 4. The van der Waals surface area contributed by atoms with E-state index in [9.17, 15) is 0 Å². The van der Waals surface area contributed by atoms with Gasteiger partial charge < -0.3 is 0 Å². The molecule has 0 spiro atoms. The van der Waals surface area contributed by atoms with Gasteiger partial charge in [-0.25, -0.2) is 0 Å². The maximum atomic E-state index is 8.72. The molecule has 0 aliphatic carbocycles. The van der Waals surface area contributed by atoms with E-state index in [-0.39, 0.29) is 5.11 Å². The van der Waals surface area contributed by atoms with Crippen molar-refractivity contribution in [3.05, 3.63) is 70.8 Å². The second-order valence-electron chi connectivity index (χ2n) is 4.54. The highest BCUT2D eigenvalue weighted by molar-refractivity contribution is 7.80. The number of nitrogens with one attached hydrogen (secondary N) is 2. The van der Waals surface area contributed by atoms with Crippen molar-refractivity contribution < 1.29 is 0 Å². The fraction of sp³-hybridized carbons (Fsp3) is 0. The van der Waals surface area contributed by atoms with Crippen LogP contribution >= 0.6 is 12.2 Å². The monoisotopic (exact) mass is 332 g/mol. The second-order valence-corrected chi connectivity index (χ2v) is 4.95. The minimum atomic E-state index is 0.241. The van der Waals surface area contributed by atoms with Crippen molar-refractivity contribution in [2.75, 3.05) is 0 Å². The highest BCUT2D eigenvalue weighted by atomic mass is 32.1. The first-order chi connectivity index (χ1) is 11.7. The molecule has 2 aromatic rings. The molecule has 0 unspecified atom stereocenters. The minimum Gasteiger partial charge on any atom is -0.252 e. The molecule has 7 heteroatoms. The predicted octanol–water partition coefficient (Wildman–Crippen LogP) is 2.26. The Hall–Kier alpha value is -3.55. The van der Waals surface area contributed by atoms with Crippen LogP contribution in [-0.4, -0.2) is 17.5 Å². The predicted molar refractivity (Wildman–Crippen MR) is 96.4 cm³/mol. The van der Waals surface area contributed by atoms with Crippen LogP contribution < -0.4 is 10.9 Å². The van der Waals surface area contributed by atoms with Gasteiger partial charge in [-0.3, -0.25) is 10.9 Å². The standard InChI is InChI=1S/C17H12N6S/c18-9-13-1-5-15(6-2-13)11-20-22-17(24)23-21-12-16-7-3-14(10-19)4-8-16/h1-8,11-12H,(H2,22,23,24)/b20-11-,21-12-. The van der Waals surface area contributed by atoms with Crippen LogP contribution in [0, 0.1) is 22.7 Å². The van der Waals surface area contributed by atoms with E-state index < -0.39 is 0 Å². The molecular formula is C17H12N6S. The zero-order chi connectivity index (χ0) is 17.2. The first kappa shape index (κ1) is 16.8. The lowest BCUT2D eigenvalue weighted by Gasteiger charge is -2.01. The molecule has 2 N–H and O–H groups in total. The van der Waals surface area contributed by atoms with E-state index in [4.69, 9.17) is 22.7 Å². The van der Waals surface area contributed by atoms with Gasteiger partial charge in [-0.1, -0.05) is 24.3 Å². The van der Waals surface area contributed by atoms with Gasteiger partial charge in [-0.2, -0.15) is 20.7 Å². The van der Waals surface area contributed by atoms with Crippen molar-refractivity contribution in [3.8, 4) is 12.1 Å². The fourth-order valence-electron chi connectivity index (χ4n) is 1.64. The van der Waals surface area contributed by atoms with Crippen LogP contribution in [0.2, 0.25) is 0 Å². The van der Waals surface area contributed by atoms with Crippen LogP contribution in [0.4, 0.5) is 0 Å². The van der Waals surface area contributed by atoms with E-state index in [0.29, 0.717) is 11.1 Å². The zero-order valence-corrected chi connectivity index (χ0v) is 13.3. The number of benzene rings is 2. The van der Waals surface area contributed by atoms with Gasteiger partial charge >= 0.3 is 0 Å². The summed E-state index contributed by atoms with van der Waals surface area (Å²) in [7, 11) is 0. The van der Waals surface area contributed by atoms with Crippen LogP contribution in [0.1, 0.15) is 22.3 Å². The molecule has 0 amide bonds.